The number of hydrogen-bond acceptors (Lipinski definition) is 5. The Morgan fingerprint density at radius 1 is 1.22 bits per heavy atom. The molecule has 6 heteroatoms. The largest absolute Gasteiger partial charge is 0.369 e. The number of nitrogens with zero attached hydrogens (tertiary/aromatic N) is 3. The predicted molar refractivity (Wildman–Crippen MR) is 70.0 cm³/mol. The molecular formula is C12H21N5O. The van der Waals surface area contributed by atoms with Crippen molar-refractivity contribution in [3.05, 3.63) is 11.4 Å². The lowest BCUT2D eigenvalue weighted by Crippen LogP contribution is -2.37. The molecule has 0 fully saturated rings. The molecule has 0 radical (unpaired) electrons. The summed E-state index contributed by atoms with van der Waals surface area (Å²) in [5, 5.41) is 11.1. The molecule has 1 rings (SSSR count). The number of amides is 1. The fourth-order valence-electron chi connectivity index (χ4n) is 1.40. The molecule has 0 saturated heterocycles. The Morgan fingerprint density at radius 3 is 2.33 bits per heavy atom. The van der Waals surface area contributed by atoms with Crippen molar-refractivity contribution >= 4 is 11.9 Å². The van der Waals surface area contributed by atoms with Crippen LogP contribution in [0.25, 0.3) is 0 Å². The SMILES string of the molecule is CCc1nnc(NCC(C)(C)C(N)=O)nc1CC. The Kier molecular flexibility index (Phi) is 4.58. The first-order chi connectivity index (χ1) is 8.40. The summed E-state index contributed by atoms with van der Waals surface area (Å²) in [4.78, 5) is 15.6. The standard InChI is InChI=1S/C12H21N5O/c1-5-8-9(6-2)16-17-11(15-8)14-7-12(3,4)10(13)18/h5-7H2,1-4H3,(H2,13,18)(H,14,15,17). The third-order valence-electron chi connectivity index (χ3n) is 2.86. The number of primary amides is 1. The maximum absolute atomic E-state index is 11.2. The molecule has 1 amide bonds. The zero-order valence-corrected chi connectivity index (χ0v) is 11.4. The van der Waals surface area contributed by atoms with Crippen LogP contribution in [0.3, 0.4) is 0 Å². The number of anilines is 1. The third-order valence-corrected chi connectivity index (χ3v) is 2.86. The highest BCUT2D eigenvalue weighted by molar-refractivity contribution is 5.80. The molecule has 0 aromatic carbocycles. The molecule has 0 unspecified atom stereocenters. The van der Waals surface area contributed by atoms with Gasteiger partial charge in [-0.25, -0.2) is 4.98 Å². The number of aryl methyl sites for hydroxylation is 2. The van der Waals surface area contributed by atoms with Crippen molar-refractivity contribution in [2.24, 2.45) is 11.1 Å². The number of nitrogens with one attached hydrogen (secondary N) is 1. The van der Waals surface area contributed by atoms with Crippen LogP contribution in [0.5, 0.6) is 0 Å². The summed E-state index contributed by atoms with van der Waals surface area (Å²) in [5.41, 5.74) is 6.51. The Balaban J connectivity index is 2.77. The molecule has 1 heterocycles. The van der Waals surface area contributed by atoms with E-state index < -0.39 is 5.41 Å². The molecule has 3 N–H and O–H groups in total. The van der Waals surface area contributed by atoms with Gasteiger partial charge in [-0.15, -0.1) is 5.10 Å². The summed E-state index contributed by atoms with van der Waals surface area (Å²) in [6.45, 7) is 7.99. The first-order valence-corrected chi connectivity index (χ1v) is 6.17. The Labute approximate surface area is 107 Å². The van der Waals surface area contributed by atoms with Crippen LogP contribution in [0.4, 0.5) is 5.95 Å². The summed E-state index contributed by atoms with van der Waals surface area (Å²) in [7, 11) is 0. The van der Waals surface area contributed by atoms with Crippen LogP contribution in [0.1, 0.15) is 39.1 Å². The van der Waals surface area contributed by atoms with Crippen LogP contribution in [-0.2, 0) is 17.6 Å². The van der Waals surface area contributed by atoms with E-state index in [9.17, 15) is 4.79 Å². The van der Waals surface area contributed by atoms with E-state index in [0.29, 0.717) is 12.5 Å². The van der Waals surface area contributed by atoms with Gasteiger partial charge in [-0.1, -0.05) is 13.8 Å². The first kappa shape index (κ1) is 14.3. The van der Waals surface area contributed by atoms with Crippen molar-refractivity contribution in [2.75, 3.05) is 11.9 Å². The lowest BCUT2D eigenvalue weighted by Gasteiger charge is -2.20. The highest BCUT2D eigenvalue weighted by atomic mass is 16.1. The van der Waals surface area contributed by atoms with E-state index in [4.69, 9.17) is 5.73 Å². The van der Waals surface area contributed by atoms with Crippen molar-refractivity contribution < 1.29 is 4.79 Å². The maximum Gasteiger partial charge on any atom is 0.243 e. The van der Waals surface area contributed by atoms with Gasteiger partial charge < -0.3 is 11.1 Å². The van der Waals surface area contributed by atoms with Gasteiger partial charge in [-0.2, -0.15) is 5.10 Å². The third kappa shape index (κ3) is 3.38. The van der Waals surface area contributed by atoms with Gasteiger partial charge in [-0.05, 0) is 26.7 Å². The van der Waals surface area contributed by atoms with Crippen molar-refractivity contribution in [1.29, 1.82) is 0 Å². The van der Waals surface area contributed by atoms with E-state index in [1.54, 1.807) is 13.8 Å². The number of aromatic nitrogens is 3. The van der Waals surface area contributed by atoms with E-state index in [1.807, 2.05) is 13.8 Å². The Bertz CT molecular complexity index is 430. The summed E-state index contributed by atoms with van der Waals surface area (Å²) >= 11 is 0. The molecule has 0 aliphatic rings. The lowest BCUT2D eigenvalue weighted by molar-refractivity contribution is -0.125. The van der Waals surface area contributed by atoms with Crippen LogP contribution >= 0.6 is 0 Å². The average Bonchev–Trinajstić information content (AvgIpc) is 2.35. The van der Waals surface area contributed by atoms with Gasteiger partial charge in [0.1, 0.15) is 0 Å². The zero-order chi connectivity index (χ0) is 13.8. The number of rotatable bonds is 6. The zero-order valence-electron chi connectivity index (χ0n) is 11.4. The second-order valence-corrected chi connectivity index (χ2v) is 4.84. The summed E-state index contributed by atoms with van der Waals surface area (Å²) in [6, 6.07) is 0. The Hall–Kier alpha value is -1.72. The molecular weight excluding hydrogens is 230 g/mol. The smallest absolute Gasteiger partial charge is 0.243 e. The summed E-state index contributed by atoms with van der Waals surface area (Å²) < 4.78 is 0. The topological polar surface area (TPSA) is 93.8 Å². The van der Waals surface area contributed by atoms with Crippen LogP contribution in [0.2, 0.25) is 0 Å². The van der Waals surface area contributed by atoms with Crippen molar-refractivity contribution in [3.8, 4) is 0 Å². The molecule has 0 saturated carbocycles. The minimum Gasteiger partial charge on any atom is -0.369 e. The molecule has 0 aliphatic carbocycles. The molecule has 6 nitrogen and oxygen atoms in total. The highest BCUT2D eigenvalue weighted by Gasteiger charge is 2.25. The normalized spacial score (nSPS) is 11.3. The number of nitrogens with two attached hydrogens (primary N) is 1. The quantitative estimate of drug-likeness (QED) is 0.784. The second-order valence-electron chi connectivity index (χ2n) is 4.84. The monoisotopic (exact) mass is 251 g/mol. The molecule has 0 spiro atoms. The molecule has 1 aromatic heterocycles. The molecule has 1 aromatic rings. The minimum absolute atomic E-state index is 0.358. The fraction of sp³-hybridized carbons (Fsp3) is 0.667. The van der Waals surface area contributed by atoms with Crippen LogP contribution in [-0.4, -0.2) is 27.6 Å². The van der Waals surface area contributed by atoms with E-state index in [1.165, 1.54) is 0 Å². The number of hydrogen-bond donors (Lipinski definition) is 2. The fourth-order valence-corrected chi connectivity index (χ4v) is 1.40. The molecule has 0 atom stereocenters. The van der Waals surface area contributed by atoms with Crippen molar-refractivity contribution in [2.45, 2.75) is 40.5 Å². The van der Waals surface area contributed by atoms with Crippen LogP contribution in [0, 0.1) is 5.41 Å². The van der Waals surface area contributed by atoms with Gasteiger partial charge in [0.15, 0.2) is 0 Å². The summed E-state index contributed by atoms with van der Waals surface area (Å²) in [6.07, 6.45) is 1.63. The van der Waals surface area contributed by atoms with Gasteiger partial charge in [0.25, 0.3) is 0 Å². The van der Waals surface area contributed by atoms with Gasteiger partial charge in [0.05, 0.1) is 16.8 Å². The molecule has 0 aliphatic heterocycles. The second kappa shape index (κ2) is 5.75. The minimum atomic E-state index is -0.640. The van der Waals surface area contributed by atoms with E-state index in [2.05, 4.69) is 20.5 Å². The van der Waals surface area contributed by atoms with Gasteiger partial charge in [-0.3, -0.25) is 4.79 Å². The van der Waals surface area contributed by atoms with E-state index in [-0.39, 0.29) is 5.91 Å². The van der Waals surface area contributed by atoms with Crippen LogP contribution < -0.4 is 11.1 Å². The molecule has 18 heavy (non-hydrogen) atoms. The first-order valence-electron chi connectivity index (χ1n) is 6.17. The van der Waals surface area contributed by atoms with Gasteiger partial charge in [0.2, 0.25) is 11.9 Å². The van der Waals surface area contributed by atoms with Crippen LogP contribution in [0.15, 0.2) is 0 Å². The average molecular weight is 251 g/mol. The Morgan fingerprint density at radius 2 is 1.83 bits per heavy atom. The maximum atomic E-state index is 11.2. The number of carbonyl (C=O) groups excluding carboxylic acids is 1. The van der Waals surface area contributed by atoms with Gasteiger partial charge in [0, 0.05) is 6.54 Å². The predicted octanol–water partition coefficient (Wildman–Crippen LogP) is 0.920. The van der Waals surface area contributed by atoms with Crippen molar-refractivity contribution in [1.82, 2.24) is 15.2 Å². The molecule has 100 valence electrons. The summed E-state index contributed by atoms with van der Waals surface area (Å²) in [5.74, 6) is 0.0854. The van der Waals surface area contributed by atoms with E-state index in [0.717, 1.165) is 24.2 Å². The molecule has 0 bridgehead atoms. The lowest BCUT2D eigenvalue weighted by atomic mass is 9.93. The van der Waals surface area contributed by atoms with E-state index >= 15 is 0 Å². The number of carbonyl (C=O) groups is 1. The highest BCUT2D eigenvalue weighted by Crippen LogP contribution is 2.14. The van der Waals surface area contributed by atoms with Crippen molar-refractivity contribution in [3.63, 3.8) is 0 Å². The van der Waals surface area contributed by atoms with Gasteiger partial charge >= 0.3 is 0 Å².